The van der Waals surface area contributed by atoms with Crippen LogP contribution >= 0.6 is 0 Å². The molecule has 0 fully saturated rings. The third kappa shape index (κ3) is 3.29. The van der Waals surface area contributed by atoms with Gasteiger partial charge < -0.3 is 14.4 Å². The zero-order chi connectivity index (χ0) is 18.8. The van der Waals surface area contributed by atoms with Crippen LogP contribution in [0.15, 0.2) is 54.6 Å². The van der Waals surface area contributed by atoms with Crippen LogP contribution in [0.1, 0.15) is 17.4 Å². The number of carbonyl (C=O) groups is 1. The second-order valence-corrected chi connectivity index (χ2v) is 6.45. The molecule has 3 aromatic rings. The van der Waals surface area contributed by atoms with Gasteiger partial charge in [-0.1, -0.05) is 42.5 Å². The van der Waals surface area contributed by atoms with Gasteiger partial charge in [-0.25, -0.2) is 0 Å². The first kappa shape index (κ1) is 17.2. The number of fused-ring (bicyclic) bond motifs is 1. The highest BCUT2D eigenvalue weighted by Crippen LogP contribution is 2.29. The Morgan fingerprint density at radius 1 is 1.11 bits per heavy atom. The van der Waals surface area contributed by atoms with Gasteiger partial charge in [-0.2, -0.15) is 0 Å². The van der Waals surface area contributed by atoms with E-state index in [4.69, 9.17) is 4.74 Å². The molecule has 1 aromatic heterocycles. The fourth-order valence-corrected chi connectivity index (χ4v) is 3.52. The van der Waals surface area contributed by atoms with Gasteiger partial charge in [-0.05, 0) is 17.7 Å². The average molecular weight is 364 g/mol. The van der Waals surface area contributed by atoms with Crippen molar-refractivity contribution in [2.24, 2.45) is 0 Å². The van der Waals surface area contributed by atoms with E-state index in [1.54, 1.807) is 19.2 Å². The lowest BCUT2D eigenvalue weighted by Gasteiger charge is -2.32. The number of aromatic nitrogens is 3. The largest absolute Gasteiger partial charge is 0.497 e. The van der Waals surface area contributed by atoms with E-state index in [9.17, 15) is 9.90 Å². The number of hydrogen-bond acceptors (Lipinski definition) is 5. The second kappa shape index (κ2) is 7.20. The SMILES string of the molecule is COc1cccc(C(C(=O)O)N2CCn3c(nnc3-c3ccccc3)C2)c1. The summed E-state index contributed by atoms with van der Waals surface area (Å²) in [6.07, 6.45) is 0. The lowest BCUT2D eigenvalue weighted by atomic mass is 10.0. The van der Waals surface area contributed by atoms with Gasteiger partial charge in [0.05, 0.1) is 13.7 Å². The van der Waals surface area contributed by atoms with Gasteiger partial charge in [0.2, 0.25) is 0 Å². The molecule has 2 aromatic carbocycles. The number of ether oxygens (including phenoxy) is 1. The van der Waals surface area contributed by atoms with Crippen LogP contribution in [0.4, 0.5) is 0 Å². The van der Waals surface area contributed by atoms with E-state index in [2.05, 4.69) is 14.8 Å². The van der Waals surface area contributed by atoms with Crippen LogP contribution in [0, 0.1) is 0 Å². The van der Waals surface area contributed by atoms with Crippen molar-refractivity contribution >= 4 is 5.97 Å². The van der Waals surface area contributed by atoms with Gasteiger partial charge in [-0.15, -0.1) is 10.2 Å². The Morgan fingerprint density at radius 2 is 1.93 bits per heavy atom. The maximum Gasteiger partial charge on any atom is 0.325 e. The predicted octanol–water partition coefficient (Wildman–Crippen LogP) is 2.60. The molecule has 1 atom stereocenters. The van der Waals surface area contributed by atoms with Gasteiger partial charge in [0.15, 0.2) is 5.82 Å². The van der Waals surface area contributed by atoms with E-state index in [1.165, 1.54) is 0 Å². The van der Waals surface area contributed by atoms with Crippen LogP contribution in [-0.4, -0.2) is 44.4 Å². The minimum Gasteiger partial charge on any atom is -0.497 e. The molecule has 1 unspecified atom stereocenters. The molecule has 0 saturated heterocycles. The van der Waals surface area contributed by atoms with Crippen molar-refractivity contribution in [2.75, 3.05) is 13.7 Å². The molecule has 1 aliphatic heterocycles. The molecular formula is C20H20N4O3. The van der Waals surface area contributed by atoms with Crippen molar-refractivity contribution in [3.8, 4) is 17.1 Å². The second-order valence-electron chi connectivity index (χ2n) is 6.45. The highest BCUT2D eigenvalue weighted by molar-refractivity contribution is 5.75. The van der Waals surface area contributed by atoms with E-state index in [-0.39, 0.29) is 0 Å². The van der Waals surface area contributed by atoms with E-state index in [1.807, 2.05) is 47.4 Å². The molecule has 0 bridgehead atoms. The number of nitrogens with zero attached hydrogens (tertiary/aromatic N) is 4. The maximum atomic E-state index is 12.0. The summed E-state index contributed by atoms with van der Waals surface area (Å²) in [5.74, 6) is 1.34. The number of methoxy groups -OCH3 is 1. The molecule has 1 N–H and O–H groups in total. The maximum absolute atomic E-state index is 12.0. The third-order valence-electron chi connectivity index (χ3n) is 4.82. The Bertz CT molecular complexity index is 955. The number of rotatable bonds is 5. The van der Waals surface area contributed by atoms with Gasteiger partial charge in [0, 0.05) is 18.7 Å². The zero-order valence-electron chi connectivity index (χ0n) is 14.9. The number of carboxylic acid groups (broad SMARTS) is 1. The van der Waals surface area contributed by atoms with Crippen LogP contribution < -0.4 is 4.74 Å². The van der Waals surface area contributed by atoms with Gasteiger partial charge >= 0.3 is 5.97 Å². The molecule has 0 saturated carbocycles. The van der Waals surface area contributed by atoms with E-state index < -0.39 is 12.0 Å². The number of aliphatic carboxylic acids is 1. The monoisotopic (exact) mass is 364 g/mol. The van der Waals surface area contributed by atoms with Gasteiger partial charge in [-0.3, -0.25) is 9.69 Å². The molecule has 138 valence electrons. The summed E-state index contributed by atoms with van der Waals surface area (Å²) in [4.78, 5) is 13.9. The third-order valence-corrected chi connectivity index (χ3v) is 4.82. The Labute approximate surface area is 156 Å². The van der Waals surface area contributed by atoms with Crippen LogP contribution in [0.5, 0.6) is 5.75 Å². The van der Waals surface area contributed by atoms with Crippen molar-refractivity contribution < 1.29 is 14.6 Å². The fourth-order valence-electron chi connectivity index (χ4n) is 3.52. The molecule has 1 aliphatic rings. The molecule has 0 amide bonds. The summed E-state index contributed by atoms with van der Waals surface area (Å²) >= 11 is 0. The minimum atomic E-state index is -0.889. The van der Waals surface area contributed by atoms with Gasteiger partial charge in [0.1, 0.15) is 17.6 Å². The van der Waals surface area contributed by atoms with Crippen LogP contribution in [0.25, 0.3) is 11.4 Å². The first-order chi connectivity index (χ1) is 13.2. The summed E-state index contributed by atoms with van der Waals surface area (Å²) in [5.41, 5.74) is 1.70. The Balaban J connectivity index is 1.63. The van der Waals surface area contributed by atoms with Crippen LogP contribution in [-0.2, 0) is 17.9 Å². The van der Waals surface area contributed by atoms with Gasteiger partial charge in [0.25, 0.3) is 0 Å². The summed E-state index contributed by atoms with van der Waals surface area (Å²) in [7, 11) is 1.57. The van der Waals surface area contributed by atoms with E-state index >= 15 is 0 Å². The lowest BCUT2D eigenvalue weighted by molar-refractivity contribution is -0.144. The Morgan fingerprint density at radius 3 is 2.67 bits per heavy atom. The Hall–Kier alpha value is -3.19. The Kier molecular flexibility index (Phi) is 4.60. The lowest BCUT2D eigenvalue weighted by Crippen LogP contribution is -2.40. The summed E-state index contributed by atoms with van der Waals surface area (Å²) in [6, 6.07) is 16.3. The molecule has 4 rings (SSSR count). The molecular weight excluding hydrogens is 344 g/mol. The van der Waals surface area contributed by atoms with Crippen molar-refractivity contribution in [1.29, 1.82) is 0 Å². The molecule has 0 aliphatic carbocycles. The normalized spacial score (nSPS) is 15.1. The van der Waals surface area contributed by atoms with Crippen LogP contribution in [0.3, 0.4) is 0 Å². The molecule has 2 heterocycles. The van der Waals surface area contributed by atoms with Crippen molar-refractivity contribution in [2.45, 2.75) is 19.1 Å². The van der Waals surface area contributed by atoms with Crippen molar-refractivity contribution in [3.63, 3.8) is 0 Å². The molecule has 0 radical (unpaired) electrons. The standard InChI is InChI=1S/C20H20N4O3/c1-27-16-9-5-8-15(12-16)18(20(25)26)23-10-11-24-17(13-23)21-22-19(24)14-6-3-2-4-7-14/h2-9,12,18H,10-11,13H2,1H3,(H,25,26). The topological polar surface area (TPSA) is 80.5 Å². The summed E-state index contributed by atoms with van der Waals surface area (Å²) < 4.78 is 7.31. The molecule has 27 heavy (non-hydrogen) atoms. The van der Waals surface area contributed by atoms with E-state index in [0.29, 0.717) is 30.9 Å². The minimum absolute atomic E-state index is 0.425. The van der Waals surface area contributed by atoms with Crippen LogP contribution in [0.2, 0.25) is 0 Å². The smallest absolute Gasteiger partial charge is 0.325 e. The highest BCUT2D eigenvalue weighted by atomic mass is 16.5. The number of carboxylic acids is 1. The quantitative estimate of drug-likeness (QED) is 0.750. The molecule has 7 nitrogen and oxygen atoms in total. The zero-order valence-corrected chi connectivity index (χ0v) is 14.9. The first-order valence-electron chi connectivity index (χ1n) is 8.75. The summed E-state index contributed by atoms with van der Waals surface area (Å²) in [5, 5.41) is 18.5. The highest BCUT2D eigenvalue weighted by Gasteiger charge is 2.32. The van der Waals surface area contributed by atoms with Crippen molar-refractivity contribution in [3.05, 3.63) is 66.0 Å². The molecule has 7 heteroatoms. The first-order valence-corrected chi connectivity index (χ1v) is 8.75. The fraction of sp³-hybridized carbons (Fsp3) is 0.250. The van der Waals surface area contributed by atoms with Crippen molar-refractivity contribution in [1.82, 2.24) is 19.7 Å². The average Bonchev–Trinajstić information content (AvgIpc) is 3.12. The summed E-state index contributed by atoms with van der Waals surface area (Å²) in [6.45, 7) is 1.66. The number of hydrogen-bond donors (Lipinski definition) is 1. The predicted molar refractivity (Wildman–Crippen MR) is 99.2 cm³/mol. The number of benzene rings is 2. The van der Waals surface area contributed by atoms with E-state index in [0.717, 1.165) is 17.2 Å². The molecule has 0 spiro atoms.